The maximum absolute atomic E-state index is 12.1. The Morgan fingerprint density at radius 3 is 2.75 bits per heavy atom. The topological polar surface area (TPSA) is 56.0 Å². The minimum Gasteiger partial charge on any atom is -0.402 e. The molecule has 1 aromatic carbocycles. The zero-order valence-corrected chi connectivity index (χ0v) is 13.5. The number of pyridine rings is 1. The van der Waals surface area contributed by atoms with Crippen LogP contribution in [0.2, 0.25) is 5.15 Å². The van der Waals surface area contributed by atoms with Crippen LogP contribution in [0.15, 0.2) is 59.4 Å². The molecule has 0 N–H and O–H groups in total. The van der Waals surface area contributed by atoms with E-state index in [4.69, 9.17) is 16.3 Å². The highest BCUT2D eigenvalue weighted by molar-refractivity contribution is 6.31. The molecule has 0 saturated heterocycles. The van der Waals surface area contributed by atoms with Gasteiger partial charge in [-0.1, -0.05) is 35.4 Å². The summed E-state index contributed by atoms with van der Waals surface area (Å²) >= 11 is 6.19. The molecule has 6 heteroatoms. The Morgan fingerprint density at radius 2 is 1.96 bits per heavy atom. The molecule has 2 aromatic heterocycles. The number of cyclic esters (lactones) is 1. The number of esters is 1. The Kier molecular flexibility index (Phi) is 3.43. The van der Waals surface area contributed by atoms with Crippen molar-refractivity contribution in [2.45, 2.75) is 6.92 Å². The fourth-order valence-electron chi connectivity index (χ4n) is 2.47. The van der Waals surface area contributed by atoms with Gasteiger partial charge in [0, 0.05) is 11.8 Å². The highest BCUT2D eigenvalue weighted by Gasteiger charge is 2.25. The molecule has 1 aliphatic rings. The molecule has 0 spiro atoms. The molecule has 3 aromatic rings. The number of aliphatic imine (C=N–C) groups is 1. The quantitative estimate of drug-likeness (QED) is 0.530. The van der Waals surface area contributed by atoms with Crippen molar-refractivity contribution < 1.29 is 9.53 Å². The summed E-state index contributed by atoms with van der Waals surface area (Å²) in [6, 6.07) is 13.2. The minimum absolute atomic E-state index is 0.193. The molecule has 0 fully saturated rings. The van der Waals surface area contributed by atoms with Crippen LogP contribution in [0.4, 0.5) is 0 Å². The van der Waals surface area contributed by atoms with Crippen molar-refractivity contribution in [3.63, 3.8) is 0 Å². The van der Waals surface area contributed by atoms with Crippen molar-refractivity contribution in [3.05, 3.63) is 76.3 Å². The van der Waals surface area contributed by atoms with Gasteiger partial charge >= 0.3 is 5.97 Å². The Labute approximate surface area is 142 Å². The van der Waals surface area contributed by atoms with Crippen molar-refractivity contribution in [3.8, 4) is 0 Å². The van der Waals surface area contributed by atoms with Crippen LogP contribution in [0.1, 0.15) is 16.8 Å². The lowest BCUT2D eigenvalue weighted by molar-refractivity contribution is -0.129. The number of benzene rings is 1. The summed E-state index contributed by atoms with van der Waals surface area (Å²) in [7, 11) is 0. The van der Waals surface area contributed by atoms with Gasteiger partial charge in [-0.25, -0.2) is 14.8 Å². The summed E-state index contributed by atoms with van der Waals surface area (Å²) in [5, 5.41) is 0.306. The van der Waals surface area contributed by atoms with Crippen molar-refractivity contribution in [1.29, 1.82) is 0 Å². The second kappa shape index (κ2) is 5.62. The second-order valence-corrected chi connectivity index (χ2v) is 5.78. The summed E-state index contributed by atoms with van der Waals surface area (Å²) in [6.07, 6.45) is 3.41. The minimum atomic E-state index is -0.507. The number of aryl methyl sites for hydroxylation is 1. The van der Waals surface area contributed by atoms with Crippen LogP contribution in [0.3, 0.4) is 0 Å². The van der Waals surface area contributed by atoms with Crippen LogP contribution in [0.25, 0.3) is 11.7 Å². The van der Waals surface area contributed by atoms with Gasteiger partial charge in [0.25, 0.3) is 0 Å². The van der Waals surface area contributed by atoms with E-state index < -0.39 is 5.97 Å². The molecule has 1 aliphatic heterocycles. The van der Waals surface area contributed by atoms with Gasteiger partial charge in [-0.3, -0.25) is 4.40 Å². The van der Waals surface area contributed by atoms with Crippen LogP contribution in [-0.2, 0) is 9.53 Å². The summed E-state index contributed by atoms with van der Waals surface area (Å²) in [5.41, 5.74) is 3.35. The molecular weight excluding hydrogens is 326 g/mol. The van der Waals surface area contributed by atoms with Crippen molar-refractivity contribution in [1.82, 2.24) is 9.38 Å². The Balaban J connectivity index is 1.77. The number of nitrogens with zero attached hydrogens (tertiary/aromatic N) is 3. The molecule has 0 atom stereocenters. The number of aromatic nitrogens is 2. The number of imidazole rings is 1. The van der Waals surface area contributed by atoms with Gasteiger partial charge < -0.3 is 4.74 Å². The highest BCUT2D eigenvalue weighted by atomic mass is 35.5. The smallest absolute Gasteiger partial charge is 0.363 e. The number of fused-ring (bicyclic) bond motifs is 1. The summed E-state index contributed by atoms with van der Waals surface area (Å²) < 4.78 is 7.06. The van der Waals surface area contributed by atoms with Crippen LogP contribution in [-0.4, -0.2) is 21.3 Å². The third kappa shape index (κ3) is 2.49. The molecule has 118 valence electrons. The lowest BCUT2D eigenvalue weighted by Gasteiger charge is -1.99. The summed E-state index contributed by atoms with van der Waals surface area (Å²) in [5.74, 6) is -0.219. The van der Waals surface area contributed by atoms with E-state index in [1.54, 1.807) is 10.5 Å². The van der Waals surface area contributed by atoms with Crippen LogP contribution < -0.4 is 0 Å². The maximum Gasteiger partial charge on any atom is 0.363 e. The number of hydrogen-bond acceptors (Lipinski definition) is 4. The largest absolute Gasteiger partial charge is 0.402 e. The van der Waals surface area contributed by atoms with E-state index in [0.29, 0.717) is 16.5 Å². The highest BCUT2D eigenvalue weighted by Crippen LogP contribution is 2.24. The van der Waals surface area contributed by atoms with Gasteiger partial charge in [-0.2, -0.15) is 0 Å². The molecule has 0 aliphatic carbocycles. The molecule has 4 rings (SSSR count). The van der Waals surface area contributed by atoms with Gasteiger partial charge in [-0.05, 0) is 37.3 Å². The fraction of sp³-hybridized carbons (Fsp3) is 0.0556. The lowest BCUT2D eigenvalue weighted by Crippen LogP contribution is -2.05. The Morgan fingerprint density at radius 1 is 1.17 bits per heavy atom. The Hall–Kier alpha value is -2.92. The number of carbonyl (C=O) groups is 1. The average molecular weight is 338 g/mol. The van der Waals surface area contributed by atoms with E-state index in [1.165, 1.54) is 0 Å². The number of carbonyl (C=O) groups excluding carboxylic acids is 1. The third-order valence-corrected chi connectivity index (χ3v) is 3.99. The predicted octanol–water partition coefficient (Wildman–Crippen LogP) is 3.64. The first-order chi connectivity index (χ1) is 11.6. The molecule has 0 radical (unpaired) electrons. The predicted molar refractivity (Wildman–Crippen MR) is 92.0 cm³/mol. The summed E-state index contributed by atoms with van der Waals surface area (Å²) in [6.45, 7) is 1.99. The van der Waals surface area contributed by atoms with Crippen molar-refractivity contribution in [2.75, 3.05) is 0 Å². The first-order valence-corrected chi connectivity index (χ1v) is 7.72. The van der Waals surface area contributed by atoms with E-state index >= 15 is 0 Å². The monoisotopic (exact) mass is 337 g/mol. The average Bonchev–Trinajstić information content (AvgIpc) is 3.09. The number of hydrogen-bond donors (Lipinski definition) is 0. The van der Waals surface area contributed by atoms with Crippen LogP contribution >= 0.6 is 11.6 Å². The second-order valence-electron chi connectivity index (χ2n) is 5.42. The number of halogens is 1. The molecule has 3 heterocycles. The zero-order chi connectivity index (χ0) is 16.7. The van der Waals surface area contributed by atoms with Crippen LogP contribution in [0, 0.1) is 6.92 Å². The van der Waals surface area contributed by atoms with E-state index in [1.807, 2.05) is 55.6 Å². The Bertz CT molecular complexity index is 1020. The number of rotatable bonds is 2. The number of ether oxygens (including phenoxy) is 1. The molecule has 0 bridgehead atoms. The summed E-state index contributed by atoms with van der Waals surface area (Å²) in [4.78, 5) is 20.7. The molecule has 24 heavy (non-hydrogen) atoms. The molecule has 0 unspecified atom stereocenters. The van der Waals surface area contributed by atoms with Crippen molar-refractivity contribution in [2.24, 2.45) is 4.99 Å². The van der Waals surface area contributed by atoms with Gasteiger partial charge in [0.2, 0.25) is 5.90 Å². The SMILES string of the molecule is Cc1ccc(C2=N/C(=C/c3c(Cl)nc4ccccn34)C(=O)O2)cc1. The van der Waals surface area contributed by atoms with Gasteiger partial charge in [0.1, 0.15) is 5.65 Å². The zero-order valence-electron chi connectivity index (χ0n) is 12.7. The van der Waals surface area contributed by atoms with Gasteiger partial charge in [0.15, 0.2) is 10.9 Å². The molecule has 0 amide bonds. The molecular formula is C18H12ClN3O2. The first kappa shape index (κ1) is 14.7. The van der Waals surface area contributed by atoms with E-state index in [2.05, 4.69) is 9.98 Å². The first-order valence-electron chi connectivity index (χ1n) is 7.34. The van der Waals surface area contributed by atoms with Gasteiger partial charge in [0.05, 0.1) is 5.69 Å². The van der Waals surface area contributed by atoms with Gasteiger partial charge in [-0.15, -0.1) is 0 Å². The van der Waals surface area contributed by atoms with E-state index in [0.717, 1.165) is 11.1 Å². The molecule has 0 saturated carbocycles. The van der Waals surface area contributed by atoms with Crippen molar-refractivity contribution >= 4 is 35.2 Å². The third-order valence-electron chi connectivity index (χ3n) is 3.71. The normalized spacial score (nSPS) is 15.8. The lowest BCUT2D eigenvalue weighted by atomic mass is 10.1. The van der Waals surface area contributed by atoms with E-state index in [9.17, 15) is 4.79 Å². The van der Waals surface area contributed by atoms with E-state index in [-0.39, 0.29) is 11.6 Å². The maximum atomic E-state index is 12.1. The molecule has 5 nitrogen and oxygen atoms in total. The standard InChI is InChI=1S/C18H12ClN3O2/c1-11-5-7-12(8-6-11)17-20-13(18(23)24-17)10-14-16(19)21-15-4-2-3-9-22(14)15/h2-10H,1H3/b13-10+. The van der Waals surface area contributed by atoms with Crippen LogP contribution in [0.5, 0.6) is 0 Å². The fourth-order valence-corrected chi connectivity index (χ4v) is 2.71.